The standard InChI is InChI=1S/C13H22N4O/c1-4-14-11-9-12(16-13(15-11)10(2)3)17-5-7-18-8-6-17/h9-10H,4-8H2,1-3H3,(H,14,15,16). The van der Waals surface area contributed by atoms with Crippen molar-refractivity contribution in [2.75, 3.05) is 43.1 Å². The van der Waals surface area contributed by atoms with Crippen LogP contribution >= 0.6 is 0 Å². The number of morpholine rings is 1. The van der Waals surface area contributed by atoms with E-state index in [0.29, 0.717) is 5.92 Å². The Kier molecular flexibility index (Phi) is 4.36. The average Bonchev–Trinajstić information content (AvgIpc) is 2.40. The third-order valence-corrected chi connectivity index (χ3v) is 2.94. The monoisotopic (exact) mass is 250 g/mol. The number of ether oxygens (including phenoxy) is 1. The summed E-state index contributed by atoms with van der Waals surface area (Å²) in [7, 11) is 0. The van der Waals surface area contributed by atoms with E-state index in [2.05, 4.69) is 41.0 Å². The van der Waals surface area contributed by atoms with Gasteiger partial charge < -0.3 is 15.0 Å². The van der Waals surface area contributed by atoms with Crippen molar-refractivity contribution in [2.45, 2.75) is 26.7 Å². The lowest BCUT2D eigenvalue weighted by Gasteiger charge is -2.28. The number of nitrogens with one attached hydrogen (secondary N) is 1. The molecule has 2 heterocycles. The number of nitrogens with zero attached hydrogens (tertiary/aromatic N) is 3. The third kappa shape index (κ3) is 3.10. The van der Waals surface area contributed by atoms with E-state index in [1.54, 1.807) is 0 Å². The third-order valence-electron chi connectivity index (χ3n) is 2.94. The van der Waals surface area contributed by atoms with Gasteiger partial charge in [0.25, 0.3) is 0 Å². The van der Waals surface area contributed by atoms with Gasteiger partial charge in [-0.3, -0.25) is 0 Å². The second kappa shape index (κ2) is 6.00. The van der Waals surface area contributed by atoms with Crippen molar-refractivity contribution in [2.24, 2.45) is 0 Å². The van der Waals surface area contributed by atoms with Crippen LogP contribution in [-0.2, 0) is 4.74 Å². The molecular formula is C13H22N4O. The van der Waals surface area contributed by atoms with Gasteiger partial charge in [-0.05, 0) is 6.92 Å². The van der Waals surface area contributed by atoms with Gasteiger partial charge in [-0.2, -0.15) is 0 Å². The Hall–Kier alpha value is -1.36. The van der Waals surface area contributed by atoms with Crippen LogP contribution < -0.4 is 10.2 Å². The second-order valence-corrected chi connectivity index (χ2v) is 4.75. The molecule has 1 aromatic rings. The minimum atomic E-state index is 0.336. The van der Waals surface area contributed by atoms with E-state index in [4.69, 9.17) is 4.74 Å². The topological polar surface area (TPSA) is 50.3 Å². The molecule has 0 radical (unpaired) electrons. The van der Waals surface area contributed by atoms with Crippen molar-refractivity contribution >= 4 is 11.6 Å². The van der Waals surface area contributed by atoms with Crippen molar-refractivity contribution < 1.29 is 4.74 Å². The van der Waals surface area contributed by atoms with Crippen LogP contribution in [-0.4, -0.2) is 42.8 Å². The highest BCUT2D eigenvalue weighted by atomic mass is 16.5. The molecule has 1 aliphatic heterocycles. The fourth-order valence-corrected chi connectivity index (χ4v) is 1.94. The van der Waals surface area contributed by atoms with Crippen molar-refractivity contribution in [3.05, 3.63) is 11.9 Å². The predicted molar refractivity (Wildman–Crippen MR) is 73.3 cm³/mol. The van der Waals surface area contributed by atoms with Crippen LogP contribution in [0.4, 0.5) is 11.6 Å². The lowest BCUT2D eigenvalue weighted by atomic mass is 10.2. The van der Waals surface area contributed by atoms with Crippen LogP contribution in [0, 0.1) is 0 Å². The van der Waals surface area contributed by atoms with Crippen LogP contribution in [0.3, 0.4) is 0 Å². The number of hydrogen-bond acceptors (Lipinski definition) is 5. The van der Waals surface area contributed by atoms with Crippen LogP contribution in [0.25, 0.3) is 0 Å². The Morgan fingerprint density at radius 3 is 2.67 bits per heavy atom. The molecule has 2 rings (SSSR count). The van der Waals surface area contributed by atoms with Crippen LogP contribution in [0.5, 0.6) is 0 Å². The average molecular weight is 250 g/mol. The minimum absolute atomic E-state index is 0.336. The molecule has 5 nitrogen and oxygen atoms in total. The molecule has 1 saturated heterocycles. The summed E-state index contributed by atoms with van der Waals surface area (Å²) in [6, 6.07) is 2.03. The first kappa shape index (κ1) is 13.1. The summed E-state index contributed by atoms with van der Waals surface area (Å²) in [5.41, 5.74) is 0. The fourth-order valence-electron chi connectivity index (χ4n) is 1.94. The van der Waals surface area contributed by atoms with E-state index in [1.165, 1.54) is 0 Å². The molecule has 0 aromatic carbocycles. The molecule has 0 bridgehead atoms. The van der Waals surface area contributed by atoms with E-state index in [-0.39, 0.29) is 0 Å². The van der Waals surface area contributed by atoms with Gasteiger partial charge in [-0.1, -0.05) is 13.8 Å². The van der Waals surface area contributed by atoms with Gasteiger partial charge in [0.1, 0.15) is 17.5 Å². The molecule has 0 aliphatic carbocycles. The number of aromatic nitrogens is 2. The molecule has 5 heteroatoms. The Bertz CT molecular complexity index is 389. The highest BCUT2D eigenvalue weighted by Gasteiger charge is 2.15. The normalized spacial score (nSPS) is 16.1. The zero-order chi connectivity index (χ0) is 13.0. The molecule has 100 valence electrons. The Morgan fingerprint density at radius 1 is 1.33 bits per heavy atom. The van der Waals surface area contributed by atoms with E-state index in [1.807, 2.05) is 6.07 Å². The van der Waals surface area contributed by atoms with Crippen LogP contribution in [0.1, 0.15) is 32.5 Å². The van der Waals surface area contributed by atoms with Crippen molar-refractivity contribution in [1.29, 1.82) is 0 Å². The minimum Gasteiger partial charge on any atom is -0.378 e. The van der Waals surface area contributed by atoms with E-state index >= 15 is 0 Å². The number of rotatable bonds is 4. The smallest absolute Gasteiger partial charge is 0.135 e. The quantitative estimate of drug-likeness (QED) is 0.884. The van der Waals surface area contributed by atoms with Gasteiger partial charge in [0.05, 0.1) is 13.2 Å². The molecule has 0 atom stereocenters. The summed E-state index contributed by atoms with van der Waals surface area (Å²) >= 11 is 0. The maximum absolute atomic E-state index is 5.38. The molecule has 0 spiro atoms. The van der Waals surface area contributed by atoms with Crippen molar-refractivity contribution in [3.8, 4) is 0 Å². The highest BCUT2D eigenvalue weighted by molar-refractivity contribution is 5.50. The Morgan fingerprint density at radius 2 is 2.06 bits per heavy atom. The zero-order valence-electron chi connectivity index (χ0n) is 11.4. The van der Waals surface area contributed by atoms with Gasteiger partial charge in [-0.25, -0.2) is 9.97 Å². The summed E-state index contributed by atoms with van der Waals surface area (Å²) in [4.78, 5) is 11.5. The highest BCUT2D eigenvalue weighted by Crippen LogP contribution is 2.20. The van der Waals surface area contributed by atoms with Crippen molar-refractivity contribution in [1.82, 2.24) is 9.97 Å². The molecule has 0 amide bonds. The molecule has 1 fully saturated rings. The first-order valence-electron chi connectivity index (χ1n) is 6.66. The summed E-state index contributed by atoms with van der Waals surface area (Å²) in [5, 5.41) is 3.27. The summed E-state index contributed by atoms with van der Waals surface area (Å²) in [5.74, 6) is 3.16. The van der Waals surface area contributed by atoms with E-state index < -0.39 is 0 Å². The SMILES string of the molecule is CCNc1cc(N2CCOCC2)nc(C(C)C)n1. The molecule has 1 aliphatic rings. The predicted octanol–water partition coefficient (Wildman–Crippen LogP) is 1.87. The largest absolute Gasteiger partial charge is 0.378 e. The molecule has 1 N–H and O–H groups in total. The maximum atomic E-state index is 5.38. The molecule has 0 unspecified atom stereocenters. The summed E-state index contributed by atoms with van der Waals surface area (Å²) in [6.07, 6.45) is 0. The Balaban J connectivity index is 2.26. The molecular weight excluding hydrogens is 228 g/mol. The fraction of sp³-hybridized carbons (Fsp3) is 0.692. The zero-order valence-corrected chi connectivity index (χ0v) is 11.4. The van der Waals surface area contributed by atoms with Gasteiger partial charge in [0.15, 0.2) is 0 Å². The van der Waals surface area contributed by atoms with Gasteiger partial charge >= 0.3 is 0 Å². The second-order valence-electron chi connectivity index (χ2n) is 4.75. The number of anilines is 2. The van der Waals surface area contributed by atoms with Crippen molar-refractivity contribution in [3.63, 3.8) is 0 Å². The van der Waals surface area contributed by atoms with Crippen LogP contribution in [0.2, 0.25) is 0 Å². The number of hydrogen-bond donors (Lipinski definition) is 1. The summed E-state index contributed by atoms with van der Waals surface area (Å²) < 4.78 is 5.38. The lowest BCUT2D eigenvalue weighted by molar-refractivity contribution is 0.122. The van der Waals surface area contributed by atoms with Gasteiger partial charge in [-0.15, -0.1) is 0 Å². The van der Waals surface area contributed by atoms with Gasteiger partial charge in [0, 0.05) is 31.6 Å². The molecule has 0 saturated carbocycles. The van der Waals surface area contributed by atoms with E-state index in [0.717, 1.165) is 50.3 Å². The van der Waals surface area contributed by atoms with Crippen LogP contribution in [0.15, 0.2) is 6.07 Å². The van der Waals surface area contributed by atoms with E-state index in [9.17, 15) is 0 Å². The Labute approximate surface area is 109 Å². The molecule has 1 aromatic heterocycles. The first-order valence-corrected chi connectivity index (χ1v) is 6.66. The maximum Gasteiger partial charge on any atom is 0.135 e. The lowest BCUT2D eigenvalue weighted by Crippen LogP contribution is -2.37. The van der Waals surface area contributed by atoms with Gasteiger partial charge in [0.2, 0.25) is 0 Å². The summed E-state index contributed by atoms with van der Waals surface area (Å²) in [6.45, 7) is 10.5. The first-order chi connectivity index (χ1) is 8.70. The molecule has 18 heavy (non-hydrogen) atoms.